The van der Waals surface area contributed by atoms with Crippen molar-refractivity contribution < 1.29 is 13.9 Å². The highest BCUT2D eigenvalue weighted by molar-refractivity contribution is 6.31. The van der Waals surface area contributed by atoms with Crippen LogP contribution in [0, 0.1) is 17.7 Å². The first-order valence-electron chi connectivity index (χ1n) is 6.26. The van der Waals surface area contributed by atoms with Crippen LogP contribution in [0.4, 0.5) is 4.39 Å². The molecule has 1 aromatic carbocycles. The number of ether oxygens (including phenoxy) is 1. The van der Waals surface area contributed by atoms with E-state index in [4.69, 9.17) is 16.3 Å². The third-order valence-corrected chi connectivity index (χ3v) is 3.99. The summed E-state index contributed by atoms with van der Waals surface area (Å²) >= 11 is 6.01. The zero-order chi connectivity index (χ0) is 14.0. The van der Waals surface area contributed by atoms with Gasteiger partial charge in [0.2, 0.25) is 0 Å². The second kappa shape index (κ2) is 5.88. The average Bonchev–Trinajstić information content (AvgIpc) is 2.74. The molecule has 0 aromatic heterocycles. The van der Waals surface area contributed by atoms with Gasteiger partial charge in [-0.05, 0) is 18.1 Å². The molecule has 1 fully saturated rings. The van der Waals surface area contributed by atoms with Crippen molar-refractivity contribution in [3.63, 3.8) is 0 Å². The molecule has 2 unspecified atom stereocenters. The van der Waals surface area contributed by atoms with Gasteiger partial charge in [-0.1, -0.05) is 24.6 Å². The van der Waals surface area contributed by atoms with Gasteiger partial charge in [0, 0.05) is 30.2 Å². The van der Waals surface area contributed by atoms with E-state index >= 15 is 0 Å². The lowest BCUT2D eigenvalue weighted by Gasteiger charge is -2.16. The molecule has 0 spiro atoms. The van der Waals surface area contributed by atoms with E-state index in [-0.39, 0.29) is 23.6 Å². The predicted molar refractivity (Wildman–Crippen MR) is 71.4 cm³/mol. The highest BCUT2D eigenvalue weighted by Crippen LogP contribution is 2.28. The van der Waals surface area contributed by atoms with Crippen molar-refractivity contribution >= 4 is 17.6 Å². The van der Waals surface area contributed by atoms with Crippen LogP contribution in [0.1, 0.15) is 12.5 Å². The van der Waals surface area contributed by atoms with Crippen LogP contribution in [0.15, 0.2) is 18.2 Å². The summed E-state index contributed by atoms with van der Waals surface area (Å²) in [5.74, 6) is -0.440. The van der Waals surface area contributed by atoms with Crippen molar-refractivity contribution in [2.75, 3.05) is 20.2 Å². The van der Waals surface area contributed by atoms with Crippen LogP contribution in [0.25, 0.3) is 0 Å². The largest absolute Gasteiger partial charge is 0.469 e. The van der Waals surface area contributed by atoms with Crippen LogP contribution in [-0.2, 0) is 16.1 Å². The molecule has 1 saturated heterocycles. The maximum atomic E-state index is 13.7. The minimum absolute atomic E-state index is 0.143. The van der Waals surface area contributed by atoms with Gasteiger partial charge in [0.1, 0.15) is 5.82 Å². The summed E-state index contributed by atoms with van der Waals surface area (Å²) in [7, 11) is 1.39. The zero-order valence-electron chi connectivity index (χ0n) is 11.0. The summed E-state index contributed by atoms with van der Waals surface area (Å²) in [6, 6.07) is 4.67. The van der Waals surface area contributed by atoms with Crippen LogP contribution in [0.3, 0.4) is 0 Å². The second-order valence-electron chi connectivity index (χ2n) is 5.00. The Morgan fingerprint density at radius 1 is 1.53 bits per heavy atom. The Morgan fingerprint density at radius 3 is 2.89 bits per heavy atom. The Balaban J connectivity index is 2.08. The minimum atomic E-state index is -0.304. The summed E-state index contributed by atoms with van der Waals surface area (Å²) in [4.78, 5) is 13.6. The number of likely N-dealkylation sites (tertiary alicyclic amines) is 1. The molecule has 0 saturated carbocycles. The smallest absolute Gasteiger partial charge is 0.310 e. The highest BCUT2D eigenvalue weighted by atomic mass is 35.5. The van der Waals surface area contributed by atoms with Gasteiger partial charge in [-0.15, -0.1) is 0 Å². The maximum absolute atomic E-state index is 13.7. The number of hydrogen-bond donors (Lipinski definition) is 0. The molecule has 5 heteroatoms. The van der Waals surface area contributed by atoms with Gasteiger partial charge in [-0.25, -0.2) is 4.39 Å². The van der Waals surface area contributed by atoms with Gasteiger partial charge in [-0.2, -0.15) is 0 Å². The quantitative estimate of drug-likeness (QED) is 0.800. The number of halogens is 2. The summed E-state index contributed by atoms with van der Waals surface area (Å²) < 4.78 is 18.5. The number of hydrogen-bond acceptors (Lipinski definition) is 3. The van der Waals surface area contributed by atoms with Crippen molar-refractivity contribution in [1.82, 2.24) is 4.90 Å². The zero-order valence-corrected chi connectivity index (χ0v) is 11.8. The van der Waals surface area contributed by atoms with E-state index in [1.807, 2.05) is 11.8 Å². The van der Waals surface area contributed by atoms with Crippen molar-refractivity contribution in [2.45, 2.75) is 13.5 Å². The number of carbonyl (C=O) groups excluding carboxylic acids is 1. The normalized spacial score (nSPS) is 23.6. The molecule has 0 amide bonds. The summed E-state index contributed by atoms with van der Waals surface area (Å²) in [5, 5.41) is 0.425. The van der Waals surface area contributed by atoms with E-state index in [9.17, 15) is 9.18 Å². The van der Waals surface area contributed by atoms with Gasteiger partial charge in [0.05, 0.1) is 13.0 Å². The molecular weight excluding hydrogens is 269 g/mol. The molecule has 2 atom stereocenters. The van der Waals surface area contributed by atoms with Crippen LogP contribution in [-0.4, -0.2) is 31.1 Å². The van der Waals surface area contributed by atoms with Crippen molar-refractivity contribution in [3.05, 3.63) is 34.6 Å². The van der Waals surface area contributed by atoms with Crippen molar-refractivity contribution in [3.8, 4) is 0 Å². The topological polar surface area (TPSA) is 29.5 Å². The lowest BCUT2D eigenvalue weighted by atomic mass is 9.99. The Morgan fingerprint density at radius 2 is 2.26 bits per heavy atom. The molecule has 1 heterocycles. The van der Waals surface area contributed by atoms with E-state index in [0.29, 0.717) is 23.7 Å². The van der Waals surface area contributed by atoms with Crippen molar-refractivity contribution in [2.24, 2.45) is 11.8 Å². The monoisotopic (exact) mass is 285 g/mol. The fraction of sp³-hybridized carbons (Fsp3) is 0.500. The number of nitrogens with zero attached hydrogens (tertiary/aromatic N) is 1. The highest BCUT2D eigenvalue weighted by Gasteiger charge is 2.35. The van der Waals surface area contributed by atoms with Gasteiger partial charge in [0.25, 0.3) is 0 Å². The maximum Gasteiger partial charge on any atom is 0.310 e. The molecule has 0 aliphatic carbocycles. The first kappa shape index (κ1) is 14.3. The number of esters is 1. The Bertz CT molecular complexity index is 460. The molecule has 2 rings (SSSR count). The van der Waals surface area contributed by atoms with Gasteiger partial charge >= 0.3 is 5.97 Å². The lowest BCUT2D eigenvalue weighted by molar-refractivity contribution is -0.146. The van der Waals surface area contributed by atoms with Crippen LogP contribution in [0.5, 0.6) is 0 Å². The fourth-order valence-corrected chi connectivity index (χ4v) is 2.78. The van der Waals surface area contributed by atoms with E-state index in [1.165, 1.54) is 13.2 Å². The fourth-order valence-electron chi connectivity index (χ4n) is 2.56. The van der Waals surface area contributed by atoms with Gasteiger partial charge in [0.15, 0.2) is 0 Å². The van der Waals surface area contributed by atoms with E-state index in [0.717, 1.165) is 6.54 Å². The molecule has 1 aromatic rings. The van der Waals surface area contributed by atoms with E-state index < -0.39 is 0 Å². The van der Waals surface area contributed by atoms with Crippen LogP contribution in [0.2, 0.25) is 5.02 Å². The molecule has 104 valence electrons. The first-order chi connectivity index (χ1) is 9.02. The second-order valence-corrected chi connectivity index (χ2v) is 5.41. The molecule has 0 radical (unpaired) electrons. The Hall–Kier alpha value is -1.13. The predicted octanol–water partition coefficient (Wildman–Crippen LogP) is 2.72. The van der Waals surface area contributed by atoms with Gasteiger partial charge < -0.3 is 4.74 Å². The summed E-state index contributed by atoms with van der Waals surface area (Å²) in [5.41, 5.74) is 0.488. The van der Waals surface area contributed by atoms with Crippen LogP contribution < -0.4 is 0 Å². The molecule has 1 aliphatic heterocycles. The summed E-state index contributed by atoms with van der Waals surface area (Å²) in [6.07, 6.45) is 0. The Labute approximate surface area is 117 Å². The number of carbonyl (C=O) groups is 1. The van der Waals surface area contributed by atoms with E-state index in [2.05, 4.69) is 0 Å². The third-order valence-electron chi connectivity index (χ3n) is 3.64. The molecule has 19 heavy (non-hydrogen) atoms. The average molecular weight is 286 g/mol. The minimum Gasteiger partial charge on any atom is -0.469 e. The number of rotatable bonds is 3. The van der Waals surface area contributed by atoms with Gasteiger partial charge in [-0.3, -0.25) is 9.69 Å². The van der Waals surface area contributed by atoms with E-state index in [1.54, 1.807) is 12.1 Å². The molecule has 1 aliphatic rings. The molecule has 3 nitrogen and oxygen atoms in total. The SMILES string of the molecule is COC(=O)C1CN(Cc2c(F)cccc2Cl)CC1C. The lowest BCUT2D eigenvalue weighted by Crippen LogP contribution is -2.24. The molecule has 0 bridgehead atoms. The molecular formula is C14H17ClFNO2. The third kappa shape index (κ3) is 3.07. The number of methoxy groups -OCH3 is 1. The number of benzene rings is 1. The summed E-state index contributed by atoms with van der Waals surface area (Å²) in [6.45, 7) is 3.75. The van der Waals surface area contributed by atoms with Crippen LogP contribution >= 0.6 is 11.6 Å². The molecule has 0 N–H and O–H groups in total. The first-order valence-corrected chi connectivity index (χ1v) is 6.63. The Kier molecular flexibility index (Phi) is 4.42. The van der Waals surface area contributed by atoms with Crippen molar-refractivity contribution in [1.29, 1.82) is 0 Å². The standard InChI is InChI=1S/C14H17ClFNO2/c1-9-6-17(7-10(9)14(18)19-2)8-11-12(15)4-3-5-13(11)16/h3-5,9-10H,6-8H2,1-2H3.